The molecule has 2 aromatic rings. The molecule has 0 saturated carbocycles. The number of aryl methyl sites for hydroxylation is 2. The minimum absolute atomic E-state index is 0.0708. The Kier molecular flexibility index (Phi) is 9.22. The summed E-state index contributed by atoms with van der Waals surface area (Å²) in [5.74, 6) is -1.24. The van der Waals surface area contributed by atoms with Crippen molar-refractivity contribution in [3.05, 3.63) is 40.6 Å². The third kappa shape index (κ3) is 7.79. The Bertz CT molecular complexity index is 1080. The second-order valence-corrected chi connectivity index (χ2v) is 11.1. The summed E-state index contributed by atoms with van der Waals surface area (Å²) in [5, 5.41) is 13.0. The number of hydrogen-bond acceptors (Lipinski definition) is 7. The molecule has 0 unspecified atom stereocenters. The molecule has 2 N–H and O–H groups in total. The van der Waals surface area contributed by atoms with Crippen LogP contribution in [-0.4, -0.2) is 47.0 Å². The molecule has 1 atom stereocenters. The molecular formula is C24H35N2O7P. The zero-order valence-corrected chi connectivity index (χ0v) is 21.8. The van der Waals surface area contributed by atoms with Gasteiger partial charge in [-0.25, -0.2) is 9.59 Å². The second-order valence-electron chi connectivity index (χ2n) is 9.07. The molecule has 9 nitrogen and oxygen atoms in total. The standard InChI is InChI=1S/C24H35N2O7P/c1-8-31-34(30,32-9-2)14-18-12-17-10-15(3)16(4)11-19(17)25-20(18)13-21(22(27)28)26-23(29)33-24(5,6)7/h10-12,21H,8-9,13-14H2,1-7H3,(H,26,29)(H,27,28)/t21-/m1/s1. The van der Waals surface area contributed by atoms with Gasteiger partial charge in [0.1, 0.15) is 11.6 Å². The summed E-state index contributed by atoms with van der Waals surface area (Å²) in [7, 11) is -3.49. The van der Waals surface area contributed by atoms with Gasteiger partial charge in [-0.3, -0.25) is 9.55 Å². The van der Waals surface area contributed by atoms with Gasteiger partial charge in [-0.2, -0.15) is 0 Å². The zero-order valence-electron chi connectivity index (χ0n) is 20.9. The van der Waals surface area contributed by atoms with Crippen molar-refractivity contribution in [2.75, 3.05) is 13.2 Å². The smallest absolute Gasteiger partial charge is 0.408 e. The van der Waals surface area contributed by atoms with E-state index < -0.39 is 31.3 Å². The molecule has 0 bridgehead atoms. The van der Waals surface area contributed by atoms with Crippen LogP contribution < -0.4 is 5.32 Å². The lowest BCUT2D eigenvalue weighted by atomic mass is 10.0. The number of aromatic nitrogens is 1. The van der Waals surface area contributed by atoms with Crippen LogP contribution in [0.2, 0.25) is 0 Å². The lowest BCUT2D eigenvalue weighted by Gasteiger charge is -2.23. The van der Waals surface area contributed by atoms with Gasteiger partial charge in [0, 0.05) is 17.5 Å². The Hall–Kier alpha value is -2.48. The van der Waals surface area contributed by atoms with Crippen LogP contribution in [0, 0.1) is 13.8 Å². The van der Waals surface area contributed by atoms with Crippen LogP contribution in [0.15, 0.2) is 18.2 Å². The summed E-state index contributed by atoms with van der Waals surface area (Å²) in [4.78, 5) is 28.9. The van der Waals surface area contributed by atoms with E-state index in [-0.39, 0.29) is 25.8 Å². The van der Waals surface area contributed by atoms with Crippen LogP contribution >= 0.6 is 7.60 Å². The first-order chi connectivity index (χ1) is 15.8. The van der Waals surface area contributed by atoms with E-state index in [2.05, 4.69) is 5.32 Å². The molecule has 34 heavy (non-hydrogen) atoms. The van der Waals surface area contributed by atoms with E-state index in [9.17, 15) is 19.3 Å². The van der Waals surface area contributed by atoms with Gasteiger partial charge in [0.2, 0.25) is 0 Å². The molecule has 0 saturated heterocycles. The van der Waals surface area contributed by atoms with E-state index in [0.717, 1.165) is 16.5 Å². The van der Waals surface area contributed by atoms with Crippen molar-refractivity contribution in [2.24, 2.45) is 0 Å². The predicted octanol–water partition coefficient (Wildman–Crippen LogP) is 5.14. The lowest BCUT2D eigenvalue weighted by molar-refractivity contribution is -0.139. The van der Waals surface area contributed by atoms with Crippen LogP contribution in [-0.2, 0) is 35.7 Å². The highest BCUT2D eigenvalue weighted by Gasteiger charge is 2.30. The molecule has 2 rings (SSSR count). The fraction of sp³-hybridized carbons (Fsp3) is 0.542. The first-order valence-electron chi connectivity index (χ1n) is 11.3. The van der Waals surface area contributed by atoms with Crippen molar-refractivity contribution in [1.29, 1.82) is 0 Å². The molecule has 1 amide bonds. The lowest BCUT2D eigenvalue weighted by Crippen LogP contribution is -2.45. The molecular weight excluding hydrogens is 459 g/mol. The molecule has 0 fully saturated rings. The number of aliphatic carboxylic acids is 1. The van der Waals surface area contributed by atoms with Crippen LogP contribution in [0.5, 0.6) is 0 Å². The number of carbonyl (C=O) groups is 2. The maximum Gasteiger partial charge on any atom is 0.408 e. The minimum Gasteiger partial charge on any atom is -0.480 e. The van der Waals surface area contributed by atoms with Gasteiger partial charge in [0.05, 0.1) is 24.9 Å². The summed E-state index contributed by atoms with van der Waals surface area (Å²) in [6.45, 7) is 12.9. The Morgan fingerprint density at radius 1 is 1.09 bits per heavy atom. The molecule has 1 aromatic carbocycles. The van der Waals surface area contributed by atoms with Crippen LogP contribution in [0.25, 0.3) is 10.9 Å². The highest BCUT2D eigenvalue weighted by Crippen LogP contribution is 2.51. The zero-order chi connectivity index (χ0) is 25.7. The van der Waals surface area contributed by atoms with Crippen LogP contribution in [0.4, 0.5) is 4.79 Å². The number of carboxylic acids is 1. The van der Waals surface area contributed by atoms with Crippen LogP contribution in [0.1, 0.15) is 57.0 Å². The Morgan fingerprint density at radius 3 is 2.21 bits per heavy atom. The summed E-state index contributed by atoms with van der Waals surface area (Å²) in [5.41, 5.74) is 2.93. The van der Waals surface area contributed by atoms with E-state index in [4.69, 9.17) is 18.8 Å². The second kappa shape index (κ2) is 11.3. The average molecular weight is 495 g/mol. The molecule has 0 aliphatic heterocycles. The Morgan fingerprint density at radius 2 is 1.68 bits per heavy atom. The quantitative estimate of drug-likeness (QED) is 0.435. The van der Waals surface area contributed by atoms with E-state index in [0.29, 0.717) is 16.8 Å². The van der Waals surface area contributed by atoms with E-state index >= 15 is 0 Å². The van der Waals surface area contributed by atoms with Gasteiger partial charge in [-0.15, -0.1) is 0 Å². The third-order valence-corrected chi connectivity index (χ3v) is 7.03. The summed E-state index contributed by atoms with van der Waals surface area (Å²) >= 11 is 0. The fourth-order valence-corrected chi connectivity index (χ4v) is 5.15. The number of pyridine rings is 1. The van der Waals surface area contributed by atoms with Crippen molar-refractivity contribution in [3.8, 4) is 0 Å². The average Bonchev–Trinajstić information content (AvgIpc) is 2.68. The van der Waals surface area contributed by atoms with E-state index in [1.165, 1.54) is 0 Å². The van der Waals surface area contributed by atoms with Gasteiger partial charge in [-0.05, 0) is 83.4 Å². The topological polar surface area (TPSA) is 124 Å². The predicted molar refractivity (Wildman–Crippen MR) is 130 cm³/mol. The summed E-state index contributed by atoms with van der Waals surface area (Å²) < 4.78 is 29.4. The maximum atomic E-state index is 13.3. The highest BCUT2D eigenvalue weighted by atomic mass is 31.2. The van der Waals surface area contributed by atoms with Gasteiger partial charge in [0.15, 0.2) is 0 Å². The summed E-state index contributed by atoms with van der Waals surface area (Å²) in [6, 6.07) is 4.43. The number of alkyl carbamates (subject to hydrolysis) is 1. The molecule has 1 aromatic heterocycles. The number of carboxylic acid groups (broad SMARTS) is 1. The largest absolute Gasteiger partial charge is 0.480 e. The van der Waals surface area contributed by atoms with Gasteiger partial charge in [0.25, 0.3) is 0 Å². The number of rotatable bonds is 10. The Labute approximate surface area is 200 Å². The van der Waals surface area contributed by atoms with E-state index in [1.54, 1.807) is 34.6 Å². The number of nitrogens with one attached hydrogen (secondary N) is 1. The molecule has 0 aliphatic rings. The monoisotopic (exact) mass is 494 g/mol. The molecule has 0 aliphatic carbocycles. The van der Waals surface area contributed by atoms with Crippen LogP contribution in [0.3, 0.4) is 0 Å². The van der Waals surface area contributed by atoms with Crippen molar-refractivity contribution < 1.29 is 33.0 Å². The van der Waals surface area contributed by atoms with Gasteiger partial charge >= 0.3 is 19.7 Å². The maximum absolute atomic E-state index is 13.3. The van der Waals surface area contributed by atoms with Gasteiger partial charge < -0.3 is 24.2 Å². The SMILES string of the molecule is CCOP(=O)(Cc1cc2cc(C)c(C)cc2nc1C[C@@H](NC(=O)OC(C)(C)C)C(=O)O)OCC. The molecule has 188 valence electrons. The molecule has 10 heteroatoms. The number of amides is 1. The number of fused-ring (bicyclic) bond motifs is 1. The Balaban J connectivity index is 2.52. The first-order valence-corrected chi connectivity index (χ1v) is 13.0. The molecule has 0 spiro atoms. The third-order valence-electron chi connectivity index (χ3n) is 5.00. The van der Waals surface area contributed by atoms with Crippen molar-refractivity contribution in [3.63, 3.8) is 0 Å². The van der Waals surface area contributed by atoms with E-state index in [1.807, 2.05) is 32.0 Å². The first kappa shape index (κ1) is 27.8. The van der Waals surface area contributed by atoms with Gasteiger partial charge in [-0.1, -0.05) is 0 Å². The number of nitrogens with zero attached hydrogens (tertiary/aromatic N) is 1. The summed E-state index contributed by atoms with van der Waals surface area (Å²) in [6.07, 6.45) is -1.05. The van der Waals surface area contributed by atoms with Crippen molar-refractivity contribution in [2.45, 2.75) is 72.7 Å². The molecule has 0 radical (unpaired) electrons. The minimum atomic E-state index is -3.49. The fourth-order valence-electron chi connectivity index (χ4n) is 3.41. The highest BCUT2D eigenvalue weighted by molar-refractivity contribution is 7.53. The van der Waals surface area contributed by atoms with Crippen molar-refractivity contribution in [1.82, 2.24) is 10.3 Å². The van der Waals surface area contributed by atoms with Crippen molar-refractivity contribution >= 4 is 30.6 Å². The number of benzene rings is 1. The molecule has 1 heterocycles. The number of hydrogen-bond donors (Lipinski definition) is 2. The normalized spacial score (nSPS) is 13.0. The number of ether oxygens (including phenoxy) is 1. The number of carbonyl (C=O) groups excluding carboxylic acids is 1.